The third-order valence-electron chi connectivity index (χ3n) is 4.98. The topological polar surface area (TPSA) is 88.8 Å². The summed E-state index contributed by atoms with van der Waals surface area (Å²) in [6.07, 6.45) is 4.21. The van der Waals surface area contributed by atoms with Crippen molar-refractivity contribution in [3.8, 4) is 5.82 Å². The summed E-state index contributed by atoms with van der Waals surface area (Å²) in [5, 5.41) is 15.0. The largest absolute Gasteiger partial charge is 0.355 e. The van der Waals surface area contributed by atoms with Crippen molar-refractivity contribution in [3.63, 3.8) is 0 Å². The second kappa shape index (κ2) is 8.29. The van der Waals surface area contributed by atoms with Gasteiger partial charge >= 0.3 is 0 Å². The van der Waals surface area contributed by atoms with Crippen LogP contribution in [0.5, 0.6) is 0 Å². The molecule has 1 aliphatic heterocycles. The van der Waals surface area contributed by atoms with Gasteiger partial charge in [0.05, 0.1) is 0 Å². The molecule has 0 spiro atoms. The Bertz CT molecular complexity index is 950. The normalized spacial score (nSPS) is 14.8. The molecule has 0 atom stereocenters. The van der Waals surface area contributed by atoms with Crippen LogP contribution in [0.3, 0.4) is 0 Å². The van der Waals surface area contributed by atoms with Crippen molar-refractivity contribution in [2.24, 2.45) is 5.92 Å². The lowest BCUT2D eigenvalue weighted by Gasteiger charge is -2.31. The van der Waals surface area contributed by atoms with Crippen molar-refractivity contribution in [1.82, 2.24) is 30.3 Å². The molecular formula is C19H19F2N7O. The molecule has 0 saturated carbocycles. The fraction of sp³-hybridized carbons (Fsp3) is 0.316. The molecule has 0 unspecified atom stereocenters. The lowest BCUT2D eigenvalue weighted by atomic mass is 9.96. The molecule has 1 amide bonds. The number of piperidine rings is 1. The van der Waals surface area contributed by atoms with E-state index in [1.807, 2.05) is 6.07 Å². The van der Waals surface area contributed by atoms with Crippen molar-refractivity contribution in [2.75, 3.05) is 18.0 Å². The number of hydrogen-bond acceptors (Lipinski definition) is 6. The Kier molecular flexibility index (Phi) is 5.41. The number of rotatable bonds is 5. The first-order chi connectivity index (χ1) is 14.1. The van der Waals surface area contributed by atoms with E-state index in [1.54, 1.807) is 12.4 Å². The summed E-state index contributed by atoms with van der Waals surface area (Å²) < 4.78 is 28.9. The quantitative estimate of drug-likeness (QED) is 0.705. The number of nitrogens with one attached hydrogen (secondary N) is 1. The van der Waals surface area contributed by atoms with E-state index in [0.29, 0.717) is 31.7 Å². The van der Waals surface area contributed by atoms with E-state index in [-0.39, 0.29) is 23.9 Å². The van der Waals surface area contributed by atoms with Crippen LogP contribution in [0.4, 0.5) is 14.6 Å². The van der Waals surface area contributed by atoms with E-state index < -0.39 is 11.6 Å². The highest BCUT2D eigenvalue weighted by Gasteiger charge is 2.26. The van der Waals surface area contributed by atoms with E-state index >= 15 is 0 Å². The monoisotopic (exact) mass is 399 g/mol. The molecule has 29 heavy (non-hydrogen) atoms. The highest BCUT2D eigenvalue weighted by Crippen LogP contribution is 2.22. The number of hydrogen-bond donors (Lipinski definition) is 1. The maximum Gasteiger partial charge on any atom is 0.223 e. The van der Waals surface area contributed by atoms with E-state index in [9.17, 15) is 13.6 Å². The zero-order valence-corrected chi connectivity index (χ0v) is 15.5. The van der Waals surface area contributed by atoms with Gasteiger partial charge in [0.25, 0.3) is 0 Å². The van der Waals surface area contributed by atoms with Crippen molar-refractivity contribution in [1.29, 1.82) is 0 Å². The van der Waals surface area contributed by atoms with Crippen molar-refractivity contribution < 1.29 is 13.6 Å². The summed E-state index contributed by atoms with van der Waals surface area (Å²) in [5.74, 6) is -0.425. The summed E-state index contributed by atoms with van der Waals surface area (Å²) in [6.45, 7) is 1.12. The Morgan fingerprint density at radius 2 is 1.76 bits per heavy atom. The molecule has 0 bridgehead atoms. The first-order valence-electron chi connectivity index (χ1n) is 9.26. The minimum atomic E-state index is -0.659. The average Bonchev–Trinajstić information content (AvgIpc) is 3.28. The third kappa shape index (κ3) is 4.20. The molecule has 3 heterocycles. The molecule has 0 radical (unpaired) electrons. The van der Waals surface area contributed by atoms with Gasteiger partial charge in [-0.05, 0) is 37.1 Å². The van der Waals surface area contributed by atoms with Gasteiger partial charge in [-0.25, -0.2) is 18.4 Å². The molecule has 150 valence electrons. The van der Waals surface area contributed by atoms with Crippen LogP contribution in [0.1, 0.15) is 18.4 Å². The molecule has 1 aliphatic rings. The first-order valence-corrected chi connectivity index (χ1v) is 9.26. The highest BCUT2D eigenvalue weighted by atomic mass is 19.1. The van der Waals surface area contributed by atoms with Gasteiger partial charge in [-0.3, -0.25) is 4.79 Å². The van der Waals surface area contributed by atoms with Gasteiger partial charge in [-0.2, -0.15) is 5.10 Å². The van der Waals surface area contributed by atoms with Crippen molar-refractivity contribution in [3.05, 3.63) is 60.2 Å². The molecule has 2 aromatic heterocycles. The van der Waals surface area contributed by atoms with Gasteiger partial charge in [0.1, 0.15) is 24.3 Å². The molecule has 1 fully saturated rings. The number of aromatic nitrogens is 5. The van der Waals surface area contributed by atoms with Crippen LogP contribution < -0.4 is 10.2 Å². The third-order valence-corrected chi connectivity index (χ3v) is 4.98. The summed E-state index contributed by atoms with van der Waals surface area (Å²) >= 11 is 0. The average molecular weight is 399 g/mol. The fourth-order valence-electron chi connectivity index (χ4n) is 3.33. The molecule has 3 aromatic rings. The molecule has 8 nitrogen and oxygen atoms in total. The van der Waals surface area contributed by atoms with E-state index in [0.717, 1.165) is 5.82 Å². The van der Waals surface area contributed by atoms with Gasteiger partial charge in [0.15, 0.2) is 11.6 Å². The first kappa shape index (κ1) is 18.9. The molecule has 4 rings (SSSR count). The van der Waals surface area contributed by atoms with Crippen LogP contribution >= 0.6 is 0 Å². The maximum atomic E-state index is 13.7. The zero-order valence-electron chi connectivity index (χ0n) is 15.5. The lowest BCUT2D eigenvalue weighted by Crippen LogP contribution is -2.40. The summed E-state index contributed by atoms with van der Waals surface area (Å²) in [7, 11) is 0. The van der Waals surface area contributed by atoms with Crippen LogP contribution in [-0.2, 0) is 11.3 Å². The molecule has 1 N–H and O–H groups in total. The van der Waals surface area contributed by atoms with Gasteiger partial charge in [0.2, 0.25) is 5.91 Å². The van der Waals surface area contributed by atoms with Crippen LogP contribution in [0.2, 0.25) is 0 Å². The lowest BCUT2D eigenvalue weighted by molar-refractivity contribution is -0.125. The number of nitrogens with zero attached hydrogens (tertiary/aromatic N) is 6. The number of benzene rings is 1. The van der Waals surface area contributed by atoms with Crippen LogP contribution in [0, 0.1) is 17.6 Å². The Morgan fingerprint density at radius 3 is 2.38 bits per heavy atom. The Morgan fingerprint density at radius 1 is 1.07 bits per heavy atom. The number of carbonyl (C=O) groups is 1. The molecule has 10 heteroatoms. The highest BCUT2D eigenvalue weighted by molar-refractivity contribution is 5.79. The zero-order chi connectivity index (χ0) is 20.2. The van der Waals surface area contributed by atoms with Gasteiger partial charge < -0.3 is 10.2 Å². The van der Waals surface area contributed by atoms with Gasteiger partial charge in [0, 0.05) is 31.1 Å². The minimum absolute atomic E-state index is 0.124. The number of carbonyl (C=O) groups excluding carboxylic acids is 1. The number of amides is 1. The summed E-state index contributed by atoms with van der Waals surface area (Å²) in [6, 6.07) is 7.31. The predicted octanol–water partition coefficient (Wildman–Crippen LogP) is 1.87. The molecular weight excluding hydrogens is 380 g/mol. The fourth-order valence-corrected chi connectivity index (χ4v) is 3.33. The Labute approximate surface area is 165 Å². The van der Waals surface area contributed by atoms with Crippen molar-refractivity contribution in [2.45, 2.75) is 19.4 Å². The Balaban J connectivity index is 1.30. The second-order valence-electron chi connectivity index (χ2n) is 6.77. The molecule has 1 aromatic carbocycles. The van der Waals surface area contributed by atoms with E-state index in [1.165, 1.54) is 29.2 Å². The standard InChI is InChI=1S/C19H19F2N7O/c20-15-2-1-3-16(21)14(15)10-23-19(29)13-6-8-27(9-7-13)17-4-5-18(26-25-17)28-12-22-11-24-28/h1-5,11-13H,6-10H2,(H,23,29). The van der Waals surface area contributed by atoms with E-state index in [2.05, 4.69) is 30.5 Å². The SMILES string of the molecule is O=C(NCc1c(F)cccc1F)C1CCN(c2ccc(-n3cncn3)nn2)CC1. The summed E-state index contributed by atoms with van der Waals surface area (Å²) in [5.41, 5.74) is -0.124. The van der Waals surface area contributed by atoms with Crippen LogP contribution in [-0.4, -0.2) is 44.0 Å². The van der Waals surface area contributed by atoms with Crippen molar-refractivity contribution >= 4 is 11.7 Å². The maximum absolute atomic E-state index is 13.7. The molecule has 0 aliphatic carbocycles. The number of halogens is 2. The van der Waals surface area contributed by atoms with Gasteiger partial charge in [-0.15, -0.1) is 10.2 Å². The van der Waals surface area contributed by atoms with Gasteiger partial charge in [-0.1, -0.05) is 6.07 Å². The predicted molar refractivity (Wildman–Crippen MR) is 100 cm³/mol. The van der Waals surface area contributed by atoms with Crippen LogP contribution in [0.25, 0.3) is 5.82 Å². The van der Waals surface area contributed by atoms with Crippen LogP contribution in [0.15, 0.2) is 43.0 Å². The summed E-state index contributed by atoms with van der Waals surface area (Å²) in [4.78, 5) is 18.3. The van der Waals surface area contributed by atoms with E-state index in [4.69, 9.17) is 0 Å². The minimum Gasteiger partial charge on any atom is -0.355 e. The smallest absolute Gasteiger partial charge is 0.223 e. The molecule has 1 saturated heterocycles. The number of anilines is 1. The Hall–Kier alpha value is -3.43. The second-order valence-corrected chi connectivity index (χ2v) is 6.77.